The fourth-order valence-corrected chi connectivity index (χ4v) is 1.96. The second kappa shape index (κ2) is 8.08. The molecule has 0 heterocycles. The van der Waals surface area contributed by atoms with Crippen molar-refractivity contribution in [3.05, 3.63) is 24.3 Å². The Bertz CT molecular complexity index is 554. The summed E-state index contributed by atoms with van der Waals surface area (Å²) in [6.07, 6.45) is 6.83. The van der Waals surface area contributed by atoms with Gasteiger partial charge in [0, 0.05) is 12.6 Å². The van der Waals surface area contributed by atoms with E-state index in [1.54, 1.807) is 24.3 Å². The van der Waals surface area contributed by atoms with Crippen LogP contribution in [0.1, 0.15) is 33.6 Å². The minimum atomic E-state index is -0.615. The van der Waals surface area contributed by atoms with Gasteiger partial charge in [-0.3, -0.25) is 9.59 Å². The predicted molar refractivity (Wildman–Crippen MR) is 86.5 cm³/mol. The highest BCUT2D eigenvalue weighted by Crippen LogP contribution is 2.16. The van der Waals surface area contributed by atoms with E-state index in [0.717, 1.165) is 0 Å². The summed E-state index contributed by atoms with van der Waals surface area (Å²) >= 11 is 0. The van der Waals surface area contributed by atoms with E-state index in [9.17, 15) is 9.59 Å². The molecule has 0 aliphatic heterocycles. The van der Waals surface area contributed by atoms with Gasteiger partial charge < -0.3 is 15.4 Å². The smallest absolute Gasteiger partial charge is 0.259 e. The van der Waals surface area contributed by atoms with Crippen LogP contribution in [0.15, 0.2) is 24.3 Å². The van der Waals surface area contributed by atoms with Gasteiger partial charge in [0.05, 0.1) is 0 Å². The van der Waals surface area contributed by atoms with E-state index in [4.69, 9.17) is 11.2 Å². The van der Waals surface area contributed by atoms with Crippen molar-refractivity contribution >= 4 is 17.5 Å². The summed E-state index contributed by atoms with van der Waals surface area (Å²) in [6.45, 7) is 5.20. The van der Waals surface area contributed by atoms with Crippen LogP contribution in [-0.4, -0.2) is 24.0 Å². The van der Waals surface area contributed by atoms with Crippen LogP contribution in [0.25, 0.3) is 0 Å². The molecule has 0 spiro atoms. The number of carbonyl (C=O) groups excluding carboxylic acids is 2. The average Bonchev–Trinajstić information content (AvgIpc) is 2.51. The molecule has 0 aliphatic carbocycles. The van der Waals surface area contributed by atoms with Crippen molar-refractivity contribution in [3.63, 3.8) is 0 Å². The summed E-state index contributed by atoms with van der Waals surface area (Å²) in [7, 11) is 0. The molecule has 118 valence electrons. The zero-order chi connectivity index (χ0) is 16.6. The molecule has 0 bridgehead atoms. The number of benzene rings is 1. The highest BCUT2D eigenvalue weighted by Gasteiger charge is 2.25. The predicted octanol–water partition coefficient (Wildman–Crippen LogP) is 2.33. The van der Waals surface area contributed by atoms with Crippen molar-refractivity contribution in [2.75, 3.05) is 11.9 Å². The lowest BCUT2D eigenvalue weighted by molar-refractivity contribution is -0.124. The van der Waals surface area contributed by atoms with E-state index >= 15 is 0 Å². The number of carbonyl (C=O) groups is 2. The molecule has 2 N–H and O–H groups in total. The molecular formula is C17H22N2O3. The summed E-state index contributed by atoms with van der Waals surface area (Å²) in [6, 6.07) is 6.79. The molecule has 5 heteroatoms. The molecular weight excluding hydrogens is 280 g/mol. The minimum Gasteiger partial charge on any atom is -0.484 e. The van der Waals surface area contributed by atoms with Crippen molar-refractivity contribution in [1.82, 2.24) is 5.32 Å². The maximum atomic E-state index is 11.9. The Morgan fingerprint density at radius 1 is 1.23 bits per heavy atom. The number of ether oxygens (including phenoxy) is 1. The van der Waals surface area contributed by atoms with Crippen LogP contribution in [0, 0.1) is 12.3 Å². The number of hydrogen-bond acceptors (Lipinski definition) is 3. The highest BCUT2D eigenvalue weighted by atomic mass is 16.5. The first kappa shape index (κ1) is 17.6. The van der Waals surface area contributed by atoms with Gasteiger partial charge in [-0.2, -0.15) is 0 Å². The molecule has 0 saturated carbocycles. The lowest BCUT2D eigenvalue weighted by atomic mass is 9.94. The van der Waals surface area contributed by atoms with Gasteiger partial charge in [-0.1, -0.05) is 19.8 Å². The van der Waals surface area contributed by atoms with Gasteiger partial charge in [0.15, 0.2) is 6.61 Å². The molecule has 1 aromatic rings. The van der Waals surface area contributed by atoms with Crippen molar-refractivity contribution in [1.29, 1.82) is 0 Å². The third-order valence-electron chi connectivity index (χ3n) is 3.41. The molecule has 1 rings (SSSR count). The third kappa shape index (κ3) is 5.13. The molecule has 0 aromatic heterocycles. The molecule has 0 unspecified atom stereocenters. The Hall–Kier alpha value is -2.48. The van der Waals surface area contributed by atoms with Crippen molar-refractivity contribution in [3.8, 4) is 18.1 Å². The zero-order valence-electron chi connectivity index (χ0n) is 13.2. The molecule has 1 aromatic carbocycles. The lowest BCUT2D eigenvalue weighted by Crippen LogP contribution is -2.48. The van der Waals surface area contributed by atoms with Crippen molar-refractivity contribution in [2.24, 2.45) is 0 Å². The van der Waals surface area contributed by atoms with Gasteiger partial charge in [-0.25, -0.2) is 0 Å². The second-order valence-corrected chi connectivity index (χ2v) is 4.98. The topological polar surface area (TPSA) is 67.4 Å². The van der Waals surface area contributed by atoms with Crippen LogP contribution in [0.2, 0.25) is 0 Å². The first-order valence-corrected chi connectivity index (χ1v) is 7.24. The average molecular weight is 302 g/mol. The van der Waals surface area contributed by atoms with Crippen molar-refractivity contribution < 1.29 is 14.3 Å². The van der Waals surface area contributed by atoms with E-state index < -0.39 is 5.54 Å². The number of anilines is 1. The van der Waals surface area contributed by atoms with Crippen LogP contribution < -0.4 is 15.4 Å². The van der Waals surface area contributed by atoms with Crippen LogP contribution in [0.5, 0.6) is 5.75 Å². The molecule has 0 atom stereocenters. The Morgan fingerprint density at radius 3 is 2.27 bits per heavy atom. The lowest BCUT2D eigenvalue weighted by Gasteiger charge is -2.26. The maximum absolute atomic E-state index is 11.9. The monoisotopic (exact) mass is 302 g/mol. The summed E-state index contributed by atoms with van der Waals surface area (Å²) in [5.74, 6) is 2.79. The van der Waals surface area contributed by atoms with Gasteiger partial charge in [0.1, 0.15) is 11.3 Å². The summed E-state index contributed by atoms with van der Waals surface area (Å²) < 4.78 is 5.41. The quantitative estimate of drug-likeness (QED) is 0.760. The standard InChI is InChI=1S/C17H22N2O3/c1-5-17(6-2,7-3)19-16(21)12-22-15-10-8-14(9-11-15)18-13(4)20/h1,8-11H,6-7,12H2,2-4H3,(H,18,20)(H,19,21). The summed E-state index contributed by atoms with van der Waals surface area (Å²) in [4.78, 5) is 22.9. The minimum absolute atomic E-state index is 0.108. The van der Waals surface area contributed by atoms with Crippen LogP contribution in [0.3, 0.4) is 0 Å². The van der Waals surface area contributed by atoms with E-state index in [1.165, 1.54) is 6.92 Å². The maximum Gasteiger partial charge on any atom is 0.259 e. The number of terminal acetylenes is 1. The van der Waals surface area contributed by atoms with Gasteiger partial charge in [-0.05, 0) is 37.1 Å². The number of amides is 2. The molecule has 22 heavy (non-hydrogen) atoms. The van der Waals surface area contributed by atoms with Gasteiger partial charge in [-0.15, -0.1) is 6.42 Å². The van der Waals surface area contributed by atoms with Crippen LogP contribution in [0.4, 0.5) is 5.69 Å². The van der Waals surface area contributed by atoms with E-state index in [-0.39, 0.29) is 18.4 Å². The summed E-state index contributed by atoms with van der Waals surface area (Å²) in [5, 5.41) is 5.49. The molecule has 0 saturated heterocycles. The molecule has 2 amide bonds. The number of hydrogen-bond donors (Lipinski definition) is 2. The number of rotatable bonds is 7. The molecule has 0 radical (unpaired) electrons. The zero-order valence-corrected chi connectivity index (χ0v) is 13.2. The van der Waals surface area contributed by atoms with E-state index in [1.807, 2.05) is 13.8 Å². The Balaban J connectivity index is 2.54. The van der Waals surface area contributed by atoms with Gasteiger partial charge in [0.2, 0.25) is 5.91 Å². The fourth-order valence-electron chi connectivity index (χ4n) is 1.96. The SMILES string of the molecule is C#CC(CC)(CC)NC(=O)COc1ccc(NC(C)=O)cc1. The Kier molecular flexibility index (Phi) is 6.46. The highest BCUT2D eigenvalue weighted by molar-refractivity contribution is 5.88. The Labute approximate surface area is 131 Å². The van der Waals surface area contributed by atoms with Crippen molar-refractivity contribution in [2.45, 2.75) is 39.2 Å². The van der Waals surface area contributed by atoms with Gasteiger partial charge in [0.25, 0.3) is 5.91 Å². The third-order valence-corrected chi connectivity index (χ3v) is 3.41. The van der Waals surface area contributed by atoms with Crippen LogP contribution in [-0.2, 0) is 9.59 Å². The molecule has 0 aliphatic rings. The van der Waals surface area contributed by atoms with Crippen LogP contribution >= 0.6 is 0 Å². The molecule has 5 nitrogen and oxygen atoms in total. The van der Waals surface area contributed by atoms with E-state index in [2.05, 4.69) is 16.6 Å². The van der Waals surface area contributed by atoms with Gasteiger partial charge >= 0.3 is 0 Å². The normalized spacial score (nSPS) is 10.5. The largest absolute Gasteiger partial charge is 0.484 e. The Morgan fingerprint density at radius 2 is 1.82 bits per heavy atom. The van der Waals surface area contributed by atoms with E-state index in [0.29, 0.717) is 24.3 Å². The second-order valence-electron chi connectivity index (χ2n) is 4.98. The first-order valence-electron chi connectivity index (χ1n) is 7.24. The fraction of sp³-hybridized carbons (Fsp3) is 0.412. The molecule has 0 fully saturated rings. The summed E-state index contributed by atoms with van der Waals surface area (Å²) in [5.41, 5.74) is 0.0583. The first-order chi connectivity index (χ1) is 10.4. The number of nitrogens with one attached hydrogen (secondary N) is 2.